The molecule has 0 saturated heterocycles. The number of carbonyl (C=O) groups excluding carboxylic acids is 1. The summed E-state index contributed by atoms with van der Waals surface area (Å²) in [5.74, 6) is 2.10. The van der Waals surface area contributed by atoms with Crippen molar-refractivity contribution in [2.45, 2.75) is 50.6 Å². The molecule has 9 heteroatoms. The second-order valence-electron chi connectivity index (χ2n) is 6.42. The number of amides is 1. The van der Waals surface area contributed by atoms with Gasteiger partial charge in [-0.05, 0) is 33.3 Å². The van der Waals surface area contributed by atoms with Gasteiger partial charge in [-0.1, -0.05) is 18.7 Å². The van der Waals surface area contributed by atoms with E-state index in [1.807, 2.05) is 42.3 Å². The Balaban J connectivity index is 1.70. The topological polar surface area (TPSA) is 90.8 Å². The minimum Gasteiger partial charge on any atom is -0.469 e. The molecule has 0 aromatic carbocycles. The van der Waals surface area contributed by atoms with E-state index < -0.39 is 0 Å². The number of anilines is 1. The molecular formula is C18H24N6O2S. The summed E-state index contributed by atoms with van der Waals surface area (Å²) in [6.07, 6.45) is 4.26. The number of furan rings is 1. The first kappa shape index (κ1) is 19.2. The Kier molecular flexibility index (Phi) is 5.69. The average Bonchev–Trinajstić information content (AvgIpc) is 3.36. The van der Waals surface area contributed by atoms with Crippen LogP contribution in [0.15, 0.2) is 34.2 Å². The molecule has 0 unspecified atom stereocenters. The molecule has 1 N–H and O–H groups in total. The second-order valence-corrected chi connectivity index (χ2v) is 7.73. The number of hydrogen-bond acceptors (Lipinski definition) is 6. The Morgan fingerprint density at radius 2 is 2.11 bits per heavy atom. The quantitative estimate of drug-likeness (QED) is 0.621. The minimum absolute atomic E-state index is 0.103. The van der Waals surface area contributed by atoms with Crippen LogP contribution in [0.4, 0.5) is 5.82 Å². The predicted octanol–water partition coefficient (Wildman–Crippen LogP) is 3.67. The van der Waals surface area contributed by atoms with Gasteiger partial charge in [-0.2, -0.15) is 5.10 Å². The molecule has 0 aliphatic rings. The van der Waals surface area contributed by atoms with Gasteiger partial charge in [-0.25, -0.2) is 4.68 Å². The molecule has 3 rings (SSSR count). The summed E-state index contributed by atoms with van der Waals surface area (Å²) in [6.45, 7) is 7.89. The van der Waals surface area contributed by atoms with Crippen molar-refractivity contribution in [2.24, 2.45) is 7.05 Å². The summed E-state index contributed by atoms with van der Waals surface area (Å²) in [4.78, 5) is 12.6. The van der Waals surface area contributed by atoms with E-state index >= 15 is 0 Å². The van der Waals surface area contributed by atoms with E-state index in [-0.39, 0.29) is 17.2 Å². The van der Waals surface area contributed by atoms with Gasteiger partial charge in [-0.15, -0.1) is 10.2 Å². The maximum absolute atomic E-state index is 12.6. The number of carbonyl (C=O) groups is 1. The first-order chi connectivity index (χ1) is 12.9. The standard InChI is InChI=1S/C18H24N6O2S/c1-6-11(2)24-15(7-9-19-24)20-17(25)13(4)27-18-22-21-16(23(18)5)14-8-10-26-12(14)3/h7-11,13H,6H2,1-5H3,(H,20,25)/t11-,13+/m1/s1. The summed E-state index contributed by atoms with van der Waals surface area (Å²) in [6, 6.07) is 3.89. The Morgan fingerprint density at radius 3 is 2.78 bits per heavy atom. The van der Waals surface area contributed by atoms with Gasteiger partial charge in [0.1, 0.15) is 11.6 Å². The third-order valence-corrected chi connectivity index (χ3v) is 5.65. The highest BCUT2D eigenvalue weighted by molar-refractivity contribution is 8.00. The van der Waals surface area contributed by atoms with E-state index in [4.69, 9.17) is 4.42 Å². The van der Waals surface area contributed by atoms with E-state index in [1.165, 1.54) is 11.8 Å². The van der Waals surface area contributed by atoms with Crippen molar-refractivity contribution < 1.29 is 9.21 Å². The Bertz CT molecular complexity index is 928. The molecule has 0 saturated carbocycles. The molecule has 3 aromatic heterocycles. The lowest BCUT2D eigenvalue weighted by molar-refractivity contribution is -0.115. The van der Waals surface area contributed by atoms with Crippen LogP contribution in [0.1, 0.15) is 39.0 Å². The molecule has 27 heavy (non-hydrogen) atoms. The smallest absolute Gasteiger partial charge is 0.238 e. The van der Waals surface area contributed by atoms with E-state index in [9.17, 15) is 4.79 Å². The number of aryl methyl sites for hydroxylation is 1. The van der Waals surface area contributed by atoms with Crippen LogP contribution in [-0.4, -0.2) is 35.7 Å². The van der Waals surface area contributed by atoms with Gasteiger partial charge in [0.05, 0.1) is 29.3 Å². The van der Waals surface area contributed by atoms with Crippen molar-refractivity contribution in [1.82, 2.24) is 24.5 Å². The lowest BCUT2D eigenvalue weighted by atomic mass is 10.2. The van der Waals surface area contributed by atoms with Gasteiger partial charge >= 0.3 is 0 Å². The Hall–Kier alpha value is -2.55. The van der Waals surface area contributed by atoms with Crippen LogP contribution in [0.3, 0.4) is 0 Å². The zero-order valence-electron chi connectivity index (χ0n) is 16.1. The third-order valence-electron chi connectivity index (χ3n) is 4.52. The molecular weight excluding hydrogens is 364 g/mol. The molecule has 1 amide bonds. The summed E-state index contributed by atoms with van der Waals surface area (Å²) < 4.78 is 9.04. The van der Waals surface area contributed by atoms with Crippen molar-refractivity contribution in [3.63, 3.8) is 0 Å². The first-order valence-electron chi connectivity index (χ1n) is 8.87. The van der Waals surface area contributed by atoms with Crippen molar-refractivity contribution in [3.05, 3.63) is 30.4 Å². The fourth-order valence-electron chi connectivity index (χ4n) is 2.65. The fourth-order valence-corrected chi connectivity index (χ4v) is 3.46. The van der Waals surface area contributed by atoms with Crippen LogP contribution < -0.4 is 5.32 Å². The van der Waals surface area contributed by atoms with Crippen molar-refractivity contribution in [3.8, 4) is 11.4 Å². The number of aromatic nitrogens is 5. The van der Waals surface area contributed by atoms with Crippen LogP contribution in [0.2, 0.25) is 0 Å². The van der Waals surface area contributed by atoms with Gasteiger partial charge in [0.15, 0.2) is 11.0 Å². The maximum Gasteiger partial charge on any atom is 0.238 e. The molecule has 0 spiro atoms. The second kappa shape index (κ2) is 7.99. The van der Waals surface area contributed by atoms with Gasteiger partial charge in [-0.3, -0.25) is 4.79 Å². The molecule has 2 atom stereocenters. The summed E-state index contributed by atoms with van der Waals surface area (Å²) >= 11 is 1.36. The molecule has 3 aromatic rings. The fraction of sp³-hybridized carbons (Fsp3) is 0.444. The van der Waals surface area contributed by atoms with Crippen LogP contribution >= 0.6 is 11.8 Å². The summed E-state index contributed by atoms with van der Waals surface area (Å²) in [5, 5.41) is 16.1. The van der Waals surface area contributed by atoms with E-state index in [0.29, 0.717) is 16.8 Å². The SMILES string of the molecule is CC[C@@H](C)n1nccc1NC(=O)[C@H](C)Sc1nnc(-c2ccoc2C)n1C. The number of rotatable bonds is 7. The molecule has 0 fully saturated rings. The molecule has 8 nitrogen and oxygen atoms in total. The van der Waals surface area contributed by atoms with Crippen LogP contribution in [0.5, 0.6) is 0 Å². The molecule has 0 aliphatic heterocycles. The summed E-state index contributed by atoms with van der Waals surface area (Å²) in [7, 11) is 1.88. The van der Waals surface area contributed by atoms with E-state index in [2.05, 4.69) is 34.5 Å². The Labute approximate surface area is 162 Å². The van der Waals surface area contributed by atoms with Gasteiger partial charge < -0.3 is 14.3 Å². The normalized spacial score (nSPS) is 13.5. The zero-order valence-corrected chi connectivity index (χ0v) is 16.9. The lowest BCUT2D eigenvalue weighted by Gasteiger charge is -2.16. The number of hydrogen-bond donors (Lipinski definition) is 1. The molecule has 0 aliphatic carbocycles. The monoisotopic (exact) mass is 388 g/mol. The minimum atomic E-state index is -0.341. The molecule has 3 heterocycles. The molecule has 144 valence electrons. The lowest BCUT2D eigenvalue weighted by Crippen LogP contribution is -2.25. The highest BCUT2D eigenvalue weighted by Gasteiger charge is 2.22. The third kappa shape index (κ3) is 3.92. The highest BCUT2D eigenvalue weighted by atomic mass is 32.2. The van der Waals surface area contributed by atoms with Crippen LogP contribution in [0, 0.1) is 6.92 Å². The van der Waals surface area contributed by atoms with Crippen molar-refractivity contribution >= 4 is 23.5 Å². The summed E-state index contributed by atoms with van der Waals surface area (Å²) in [5.41, 5.74) is 0.895. The van der Waals surface area contributed by atoms with Crippen molar-refractivity contribution in [1.29, 1.82) is 0 Å². The molecule has 0 bridgehead atoms. The predicted molar refractivity (Wildman–Crippen MR) is 105 cm³/mol. The van der Waals surface area contributed by atoms with Gasteiger partial charge in [0.25, 0.3) is 0 Å². The van der Waals surface area contributed by atoms with Crippen molar-refractivity contribution in [2.75, 3.05) is 5.32 Å². The zero-order chi connectivity index (χ0) is 19.6. The van der Waals surface area contributed by atoms with E-state index in [0.717, 1.165) is 17.7 Å². The first-order valence-corrected chi connectivity index (χ1v) is 9.75. The average molecular weight is 388 g/mol. The largest absolute Gasteiger partial charge is 0.469 e. The number of nitrogens with zero attached hydrogens (tertiary/aromatic N) is 5. The Morgan fingerprint density at radius 1 is 1.33 bits per heavy atom. The number of nitrogens with one attached hydrogen (secondary N) is 1. The van der Waals surface area contributed by atoms with E-state index in [1.54, 1.807) is 12.5 Å². The van der Waals surface area contributed by atoms with Crippen LogP contribution in [-0.2, 0) is 11.8 Å². The van der Waals surface area contributed by atoms with Crippen LogP contribution in [0.25, 0.3) is 11.4 Å². The van der Waals surface area contributed by atoms with Gasteiger partial charge in [0.2, 0.25) is 5.91 Å². The van der Waals surface area contributed by atoms with Gasteiger partial charge in [0, 0.05) is 13.1 Å². The molecule has 0 radical (unpaired) electrons. The number of thioether (sulfide) groups is 1. The highest BCUT2D eigenvalue weighted by Crippen LogP contribution is 2.28. The maximum atomic E-state index is 12.6.